The largest absolute Gasteiger partial charge is 0.462 e. The number of esters is 2. The minimum Gasteiger partial charge on any atom is -0.462 e. The summed E-state index contributed by atoms with van der Waals surface area (Å²) in [7, 11) is 0. The lowest BCUT2D eigenvalue weighted by molar-refractivity contribution is -0.308. The Bertz CT molecular complexity index is 786. The molecule has 1 aromatic carbocycles. The van der Waals surface area contributed by atoms with Gasteiger partial charge >= 0.3 is 11.9 Å². The van der Waals surface area contributed by atoms with Crippen LogP contribution in [0.3, 0.4) is 0 Å². The number of aliphatic hydroxyl groups is 2. The van der Waals surface area contributed by atoms with Crippen molar-refractivity contribution in [2.75, 3.05) is 6.61 Å². The Kier molecular flexibility index (Phi) is 7.22. The Hall–Kier alpha value is -2.00. The molecule has 174 valence electrons. The first-order valence-electron chi connectivity index (χ1n) is 11.5. The van der Waals surface area contributed by atoms with Crippen LogP contribution in [-0.4, -0.2) is 59.5 Å². The van der Waals surface area contributed by atoms with Gasteiger partial charge in [-0.15, -0.1) is 0 Å². The van der Waals surface area contributed by atoms with E-state index in [9.17, 15) is 19.8 Å². The van der Waals surface area contributed by atoms with Gasteiger partial charge in [0, 0.05) is 2.74 Å². The van der Waals surface area contributed by atoms with Gasteiger partial charge in [-0.25, -0.2) is 0 Å². The molecule has 2 N–H and O–H groups in total. The number of ether oxygens (including phenoxy) is 4. The van der Waals surface area contributed by atoms with Crippen LogP contribution in [0.5, 0.6) is 0 Å². The first-order chi connectivity index (χ1) is 15.4. The smallest absolute Gasteiger partial charge is 0.311 e. The van der Waals surface area contributed by atoms with Crippen molar-refractivity contribution >= 4 is 11.9 Å². The van der Waals surface area contributed by atoms with Gasteiger partial charge in [0.25, 0.3) is 0 Å². The van der Waals surface area contributed by atoms with Gasteiger partial charge in [-0.3, -0.25) is 9.59 Å². The minimum absolute atomic E-state index is 0.0793. The molecule has 2 rings (SSSR count). The van der Waals surface area contributed by atoms with Crippen molar-refractivity contribution in [3.05, 3.63) is 35.9 Å². The number of aliphatic hydroxyl groups excluding tert-OH is 2. The number of hydrogen-bond acceptors (Lipinski definition) is 8. The lowest BCUT2D eigenvalue weighted by atomic mass is 9.95. The van der Waals surface area contributed by atoms with Crippen molar-refractivity contribution in [3.63, 3.8) is 0 Å². The minimum atomic E-state index is -1.52. The monoisotopic (exact) mass is 440 g/mol. The number of rotatable bonds is 6. The predicted molar refractivity (Wildman–Crippen MR) is 112 cm³/mol. The van der Waals surface area contributed by atoms with E-state index in [1.807, 2.05) is 30.3 Å². The lowest BCUT2D eigenvalue weighted by Crippen LogP contribution is -2.61. The molecule has 0 spiro atoms. The second-order valence-corrected chi connectivity index (χ2v) is 9.06. The van der Waals surface area contributed by atoms with Crippen LogP contribution in [0.4, 0.5) is 0 Å². The second-order valence-electron chi connectivity index (χ2n) is 9.06. The van der Waals surface area contributed by atoms with Crippen LogP contribution >= 0.6 is 0 Å². The Labute approximate surface area is 186 Å². The van der Waals surface area contributed by atoms with Crippen LogP contribution in [-0.2, 0) is 35.1 Å². The summed E-state index contributed by atoms with van der Waals surface area (Å²) in [6, 6.07) is 9.13. The molecule has 0 aromatic heterocycles. The fourth-order valence-electron chi connectivity index (χ4n) is 2.71. The van der Waals surface area contributed by atoms with Gasteiger partial charge in [-0.2, -0.15) is 0 Å². The zero-order valence-electron chi connectivity index (χ0n) is 20.4. The topological polar surface area (TPSA) is 112 Å². The third kappa shape index (κ3) is 7.00. The number of carbonyl (C=O) groups is 2. The molecular weight excluding hydrogens is 404 g/mol. The maximum absolute atomic E-state index is 12.5. The van der Waals surface area contributed by atoms with E-state index in [4.69, 9.17) is 21.7 Å². The van der Waals surface area contributed by atoms with E-state index < -0.39 is 60.1 Å². The zero-order valence-corrected chi connectivity index (χ0v) is 18.4. The highest BCUT2D eigenvalue weighted by Crippen LogP contribution is 2.28. The van der Waals surface area contributed by atoms with Crippen LogP contribution in [0.1, 0.15) is 49.8 Å². The molecule has 1 aromatic rings. The summed E-state index contributed by atoms with van der Waals surface area (Å²) in [6.07, 6.45) is -6.90. The molecule has 0 saturated carbocycles. The predicted octanol–water partition coefficient (Wildman–Crippen LogP) is 2.20. The molecule has 8 nitrogen and oxygen atoms in total. The van der Waals surface area contributed by atoms with E-state index in [1.54, 1.807) is 13.8 Å². The molecule has 0 aliphatic carbocycles. The Morgan fingerprint density at radius 2 is 1.65 bits per heavy atom. The van der Waals surface area contributed by atoms with E-state index in [0.717, 1.165) is 5.56 Å². The first-order valence-corrected chi connectivity index (χ1v) is 10.1. The number of carbonyl (C=O) groups excluding carboxylic acids is 2. The fourth-order valence-corrected chi connectivity index (χ4v) is 2.71. The third-order valence-corrected chi connectivity index (χ3v) is 4.63. The average molecular weight is 441 g/mol. The van der Waals surface area contributed by atoms with Gasteiger partial charge in [0.2, 0.25) is 0 Å². The van der Waals surface area contributed by atoms with E-state index in [1.165, 1.54) is 13.8 Å². The van der Waals surface area contributed by atoms with Gasteiger partial charge in [-0.05, 0) is 47.1 Å². The van der Waals surface area contributed by atoms with Crippen molar-refractivity contribution in [2.45, 2.75) is 78.8 Å². The maximum Gasteiger partial charge on any atom is 0.311 e. The zero-order chi connectivity index (χ0) is 24.8. The van der Waals surface area contributed by atoms with Gasteiger partial charge in [-0.1, -0.05) is 30.3 Å². The van der Waals surface area contributed by atoms with Crippen molar-refractivity contribution in [1.82, 2.24) is 0 Å². The standard InChI is InChI=1S/C23H34O8/c1-22(2,3)20(26)29-13-15-16(24)18(31-21(27)23(4,5)6)17(25)19(30-15)28-12-14-10-8-7-9-11-14/h7-11,15-19,24-25H,12-13H2,1-6H3/t15-,16+,17-,18+,19?/m1/s1/i1D,4D. The van der Waals surface area contributed by atoms with Crippen LogP contribution < -0.4 is 0 Å². The van der Waals surface area contributed by atoms with Gasteiger partial charge in [0.1, 0.15) is 24.9 Å². The van der Waals surface area contributed by atoms with E-state index in [0.29, 0.717) is 0 Å². The molecule has 1 aliphatic rings. The molecule has 1 saturated heterocycles. The van der Waals surface area contributed by atoms with Crippen molar-refractivity contribution < 1.29 is 41.5 Å². The molecular formula is C23H34O8. The Balaban J connectivity index is 2.18. The quantitative estimate of drug-likeness (QED) is 0.648. The van der Waals surface area contributed by atoms with E-state index >= 15 is 0 Å². The van der Waals surface area contributed by atoms with Crippen molar-refractivity contribution in [3.8, 4) is 0 Å². The van der Waals surface area contributed by atoms with Gasteiger partial charge in [0.05, 0.1) is 17.4 Å². The summed E-state index contributed by atoms with van der Waals surface area (Å²) in [5.41, 5.74) is -1.39. The van der Waals surface area contributed by atoms with Crippen LogP contribution in [0, 0.1) is 10.8 Å². The summed E-state index contributed by atoms with van der Waals surface area (Å²) in [5, 5.41) is 21.5. The summed E-state index contributed by atoms with van der Waals surface area (Å²) >= 11 is 0. The molecule has 0 amide bonds. The van der Waals surface area contributed by atoms with Crippen LogP contribution in [0.25, 0.3) is 0 Å². The summed E-state index contributed by atoms with van der Waals surface area (Å²) < 4.78 is 37.0. The lowest BCUT2D eigenvalue weighted by Gasteiger charge is -2.42. The normalized spacial score (nSPS) is 27.7. The maximum atomic E-state index is 12.5. The average Bonchev–Trinajstić information content (AvgIpc) is 2.80. The SMILES string of the molecule is [2H]CC(C)(C)C(=O)OC[C@H]1OC(OCc2ccccc2)[C@H](O)[C@@H](OC(=O)C(C)(C)C[2H])[C@H]1O. The van der Waals surface area contributed by atoms with Gasteiger partial charge in [0.15, 0.2) is 12.4 Å². The summed E-state index contributed by atoms with van der Waals surface area (Å²) in [6.45, 7) is 5.40. The molecule has 1 aliphatic heterocycles. The highest BCUT2D eigenvalue weighted by Gasteiger charge is 2.49. The van der Waals surface area contributed by atoms with E-state index in [-0.39, 0.29) is 20.4 Å². The summed E-state index contributed by atoms with van der Waals surface area (Å²) in [5.74, 6) is -1.42. The molecule has 1 fully saturated rings. The second kappa shape index (κ2) is 10.1. The molecule has 0 radical (unpaired) electrons. The van der Waals surface area contributed by atoms with Crippen molar-refractivity contribution in [2.24, 2.45) is 10.8 Å². The van der Waals surface area contributed by atoms with Crippen LogP contribution in [0.2, 0.25) is 0 Å². The summed E-state index contributed by atoms with van der Waals surface area (Å²) in [4.78, 5) is 24.8. The highest BCUT2D eigenvalue weighted by molar-refractivity contribution is 5.76. The number of benzene rings is 1. The Morgan fingerprint density at radius 3 is 2.26 bits per heavy atom. The fraction of sp³-hybridized carbons (Fsp3) is 0.652. The van der Waals surface area contributed by atoms with E-state index in [2.05, 4.69) is 0 Å². The molecule has 31 heavy (non-hydrogen) atoms. The molecule has 0 bridgehead atoms. The molecule has 8 heteroatoms. The third-order valence-electron chi connectivity index (χ3n) is 4.63. The van der Waals surface area contributed by atoms with Crippen molar-refractivity contribution in [1.29, 1.82) is 0 Å². The molecule has 1 unspecified atom stereocenters. The number of hydrogen-bond donors (Lipinski definition) is 2. The highest BCUT2D eigenvalue weighted by atomic mass is 16.7. The molecule has 1 heterocycles. The first kappa shape index (κ1) is 22.2. The van der Waals surface area contributed by atoms with Gasteiger partial charge < -0.3 is 29.2 Å². The molecule has 5 atom stereocenters. The Morgan fingerprint density at radius 1 is 1.03 bits per heavy atom. The van der Waals surface area contributed by atoms with Crippen LogP contribution in [0.15, 0.2) is 30.3 Å².